The third-order valence-electron chi connectivity index (χ3n) is 4.51. The van der Waals surface area contributed by atoms with Crippen LogP contribution in [0.5, 0.6) is 0 Å². The van der Waals surface area contributed by atoms with Gasteiger partial charge in [0.2, 0.25) is 0 Å². The Morgan fingerprint density at radius 3 is 2.75 bits per heavy atom. The Hall–Kier alpha value is -1.45. The van der Waals surface area contributed by atoms with Gasteiger partial charge in [0.25, 0.3) is 0 Å². The van der Waals surface area contributed by atoms with E-state index in [1.807, 2.05) is 12.3 Å². The summed E-state index contributed by atoms with van der Waals surface area (Å²) in [5, 5.41) is 1.20. The quantitative estimate of drug-likeness (QED) is 0.931. The first-order valence-corrected chi connectivity index (χ1v) is 7.57. The average molecular weight is 269 g/mol. The van der Waals surface area contributed by atoms with Crippen LogP contribution in [0.1, 0.15) is 31.4 Å². The zero-order chi connectivity index (χ0) is 13.9. The molecule has 0 aliphatic carbocycles. The molecule has 1 aliphatic heterocycles. The van der Waals surface area contributed by atoms with Crippen LogP contribution in [0.4, 0.5) is 0 Å². The maximum Gasteiger partial charge on any atom is 0.0750 e. The summed E-state index contributed by atoms with van der Waals surface area (Å²) >= 11 is 0. The molecule has 1 aromatic heterocycles. The first kappa shape index (κ1) is 13.5. The molecule has 3 rings (SSSR count). The summed E-state index contributed by atoms with van der Waals surface area (Å²) in [6, 6.07) is 10.8. The molecule has 106 valence electrons. The highest BCUT2D eigenvalue weighted by Gasteiger charge is 2.24. The predicted molar refractivity (Wildman–Crippen MR) is 83.5 cm³/mol. The molecule has 1 aromatic carbocycles. The number of piperidine rings is 1. The van der Waals surface area contributed by atoms with E-state index in [4.69, 9.17) is 5.73 Å². The highest BCUT2D eigenvalue weighted by atomic mass is 15.2. The molecule has 0 bridgehead atoms. The molecule has 2 aromatic rings. The van der Waals surface area contributed by atoms with Crippen LogP contribution in [0, 0.1) is 5.92 Å². The summed E-state index contributed by atoms with van der Waals surface area (Å²) in [5.41, 5.74) is 8.47. The minimum Gasteiger partial charge on any atom is -0.329 e. The van der Waals surface area contributed by atoms with Crippen LogP contribution in [-0.2, 0) is 0 Å². The minimum atomic E-state index is 0.293. The number of rotatable bonds is 3. The fourth-order valence-electron chi connectivity index (χ4n) is 3.21. The van der Waals surface area contributed by atoms with Gasteiger partial charge in [-0.3, -0.25) is 9.88 Å². The lowest BCUT2D eigenvalue weighted by molar-refractivity contribution is 0.142. The summed E-state index contributed by atoms with van der Waals surface area (Å²) in [6.45, 7) is 5.29. The lowest BCUT2D eigenvalue weighted by atomic mass is 9.95. The second kappa shape index (κ2) is 5.90. The number of likely N-dealkylation sites (tertiary alicyclic amines) is 1. The van der Waals surface area contributed by atoms with E-state index in [9.17, 15) is 0 Å². The molecule has 0 radical (unpaired) electrons. The van der Waals surface area contributed by atoms with Gasteiger partial charge in [0.15, 0.2) is 0 Å². The number of hydrogen-bond acceptors (Lipinski definition) is 3. The standard InChI is InChI=1S/C17H23N3/c1-13-7-10-20(11-8-13)16(12-18)15-6-2-4-14-5-3-9-19-17(14)15/h2-6,9,13,16H,7-8,10-12,18H2,1H3. The summed E-state index contributed by atoms with van der Waals surface area (Å²) in [4.78, 5) is 7.11. The predicted octanol–water partition coefficient (Wildman–Crippen LogP) is 2.97. The van der Waals surface area contributed by atoms with E-state index >= 15 is 0 Å². The second-order valence-electron chi connectivity index (χ2n) is 5.89. The largest absolute Gasteiger partial charge is 0.329 e. The van der Waals surface area contributed by atoms with Crippen LogP contribution in [0.3, 0.4) is 0 Å². The van der Waals surface area contributed by atoms with E-state index in [2.05, 4.69) is 41.1 Å². The van der Waals surface area contributed by atoms with E-state index in [1.54, 1.807) is 0 Å². The van der Waals surface area contributed by atoms with Crippen molar-refractivity contribution in [1.29, 1.82) is 0 Å². The van der Waals surface area contributed by atoms with Gasteiger partial charge in [0, 0.05) is 24.2 Å². The molecule has 2 N–H and O–H groups in total. The van der Waals surface area contributed by atoms with Crippen molar-refractivity contribution in [1.82, 2.24) is 9.88 Å². The Bertz CT molecular complexity index is 568. The lowest BCUT2D eigenvalue weighted by Gasteiger charge is -2.36. The molecule has 1 unspecified atom stereocenters. The van der Waals surface area contributed by atoms with Gasteiger partial charge in [-0.05, 0) is 43.5 Å². The first-order valence-electron chi connectivity index (χ1n) is 7.57. The van der Waals surface area contributed by atoms with Crippen molar-refractivity contribution >= 4 is 10.9 Å². The second-order valence-corrected chi connectivity index (χ2v) is 5.89. The van der Waals surface area contributed by atoms with Gasteiger partial charge in [-0.1, -0.05) is 31.2 Å². The molecule has 1 aliphatic rings. The Kier molecular flexibility index (Phi) is 3.99. The van der Waals surface area contributed by atoms with Crippen molar-refractivity contribution in [3.8, 4) is 0 Å². The number of nitrogens with two attached hydrogens (primary N) is 1. The molecule has 0 amide bonds. The smallest absolute Gasteiger partial charge is 0.0750 e. The van der Waals surface area contributed by atoms with Crippen molar-refractivity contribution in [3.05, 3.63) is 42.1 Å². The van der Waals surface area contributed by atoms with E-state index in [0.29, 0.717) is 12.6 Å². The van der Waals surface area contributed by atoms with Gasteiger partial charge in [0.1, 0.15) is 0 Å². The Morgan fingerprint density at radius 2 is 2.00 bits per heavy atom. The number of fused-ring (bicyclic) bond motifs is 1. The molecule has 3 heteroatoms. The maximum atomic E-state index is 6.09. The molecule has 3 nitrogen and oxygen atoms in total. The Labute approximate surface area is 120 Å². The van der Waals surface area contributed by atoms with E-state index in [0.717, 1.165) is 24.5 Å². The molecule has 2 heterocycles. The molecule has 0 spiro atoms. The normalized spacial score (nSPS) is 19.3. The van der Waals surface area contributed by atoms with Crippen molar-refractivity contribution < 1.29 is 0 Å². The molecule has 1 fully saturated rings. The Balaban J connectivity index is 1.95. The van der Waals surface area contributed by atoms with E-state index in [-0.39, 0.29) is 0 Å². The minimum absolute atomic E-state index is 0.293. The van der Waals surface area contributed by atoms with Crippen LogP contribution < -0.4 is 5.73 Å². The van der Waals surface area contributed by atoms with Gasteiger partial charge in [-0.25, -0.2) is 0 Å². The number of aromatic nitrogens is 1. The zero-order valence-corrected chi connectivity index (χ0v) is 12.1. The molecule has 1 saturated heterocycles. The Morgan fingerprint density at radius 1 is 1.25 bits per heavy atom. The first-order chi connectivity index (χ1) is 9.79. The monoisotopic (exact) mass is 269 g/mol. The lowest BCUT2D eigenvalue weighted by Crippen LogP contribution is -2.39. The number of para-hydroxylation sites is 1. The molecule has 1 atom stereocenters. The number of nitrogens with zero attached hydrogens (tertiary/aromatic N) is 2. The third-order valence-corrected chi connectivity index (χ3v) is 4.51. The maximum absolute atomic E-state index is 6.09. The SMILES string of the molecule is CC1CCN(C(CN)c2cccc3cccnc23)CC1. The summed E-state index contributed by atoms with van der Waals surface area (Å²) < 4.78 is 0. The van der Waals surface area contributed by atoms with Crippen LogP contribution in [0.25, 0.3) is 10.9 Å². The summed E-state index contributed by atoms with van der Waals surface area (Å²) in [6.07, 6.45) is 4.42. The summed E-state index contributed by atoms with van der Waals surface area (Å²) in [5.74, 6) is 0.843. The third kappa shape index (κ3) is 2.56. The van der Waals surface area contributed by atoms with Crippen molar-refractivity contribution in [3.63, 3.8) is 0 Å². The van der Waals surface area contributed by atoms with Gasteiger partial charge in [-0.15, -0.1) is 0 Å². The number of hydrogen-bond donors (Lipinski definition) is 1. The molecule has 0 saturated carbocycles. The van der Waals surface area contributed by atoms with Crippen LogP contribution in [0.15, 0.2) is 36.5 Å². The van der Waals surface area contributed by atoms with Crippen molar-refractivity contribution in [2.24, 2.45) is 11.7 Å². The number of pyridine rings is 1. The molecule has 20 heavy (non-hydrogen) atoms. The summed E-state index contributed by atoms with van der Waals surface area (Å²) in [7, 11) is 0. The average Bonchev–Trinajstić information content (AvgIpc) is 2.50. The number of benzene rings is 1. The molecular formula is C17H23N3. The van der Waals surface area contributed by atoms with Crippen LogP contribution in [0.2, 0.25) is 0 Å². The fourth-order valence-corrected chi connectivity index (χ4v) is 3.21. The van der Waals surface area contributed by atoms with E-state index < -0.39 is 0 Å². The van der Waals surface area contributed by atoms with Crippen LogP contribution in [-0.4, -0.2) is 29.5 Å². The van der Waals surface area contributed by atoms with Crippen molar-refractivity contribution in [2.75, 3.05) is 19.6 Å². The van der Waals surface area contributed by atoms with Crippen molar-refractivity contribution in [2.45, 2.75) is 25.8 Å². The van der Waals surface area contributed by atoms with Gasteiger partial charge in [-0.2, -0.15) is 0 Å². The topological polar surface area (TPSA) is 42.1 Å². The highest BCUT2D eigenvalue weighted by molar-refractivity contribution is 5.82. The van der Waals surface area contributed by atoms with E-state index in [1.165, 1.54) is 23.8 Å². The van der Waals surface area contributed by atoms with Crippen LogP contribution >= 0.6 is 0 Å². The fraction of sp³-hybridized carbons (Fsp3) is 0.471. The zero-order valence-electron chi connectivity index (χ0n) is 12.1. The van der Waals surface area contributed by atoms with Gasteiger partial charge >= 0.3 is 0 Å². The van der Waals surface area contributed by atoms with Gasteiger partial charge in [0.05, 0.1) is 5.52 Å². The molecular weight excluding hydrogens is 246 g/mol. The van der Waals surface area contributed by atoms with Gasteiger partial charge < -0.3 is 5.73 Å². The highest BCUT2D eigenvalue weighted by Crippen LogP contribution is 2.29.